The van der Waals surface area contributed by atoms with Gasteiger partial charge in [0.25, 0.3) is 0 Å². The second kappa shape index (κ2) is 6.50. The predicted octanol–water partition coefficient (Wildman–Crippen LogP) is 4.48. The summed E-state index contributed by atoms with van der Waals surface area (Å²) in [5.41, 5.74) is 3.53. The summed E-state index contributed by atoms with van der Waals surface area (Å²) < 4.78 is 5.99. The molecule has 2 aromatic rings. The van der Waals surface area contributed by atoms with Crippen LogP contribution in [0, 0.1) is 6.92 Å². The SMILES string of the molecule is Cc1cccc(COc2c(Cl)cccc2CNC2CC2)c1. The van der Waals surface area contributed by atoms with Crippen LogP contribution in [0.1, 0.15) is 29.5 Å². The number of nitrogens with one attached hydrogen (secondary N) is 1. The van der Waals surface area contributed by atoms with E-state index in [0.717, 1.165) is 23.4 Å². The number of aryl methyl sites for hydroxylation is 1. The Bertz CT molecular complexity index is 622. The lowest BCUT2D eigenvalue weighted by Crippen LogP contribution is -2.16. The molecule has 3 rings (SSSR count). The van der Waals surface area contributed by atoms with E-state index < -0.39 is 0 Å². The molecule has 1 aliphatic carbocycles. The lowest BCUT2D eigenvalue weighted by molar-refractivity contribution is 0.302. The zero-order valence-corrected chi connectivity index (χ0v) is 13.0. The number of ether oxygens (including phenoxy) is 1. The Balaban J connectivity index is 1.70. The normalized spacial score (nSPS) is 14.2. The molecule has 1 N–H and O–H groups in total. The van der Waals surface area contributed by atoms with Gasteiger partial charge in [-0.3, -0.25) is 0 Å². The van der Waals surface area contributed by atoms with Gasteiger partial charge in [-0.05, 0) is 31.4 Å². The van der Waals surface area contributed by atoms with Crippen LogP contribution in [-0.2, 0) is 13.2 Å². The van der Waals surface area contributed by atoms with Gasteiger partial charge in [-0.15, -0.1) is 0 Å². The molecule has 110 valence electrons. The first-order valence-electron chi connectivity index (χ1n) is 7.41. The molecule has 0 amide bonds. The second-order valence-electron chi connectivity index (χ2n) is 5.66. The van der Waals surface area contributed by atoms with E-state index in [9.17, 15) is 0 Å². The van der Waals surface area contributed by atoms with Crippen LogP contribution in [0.5, 0.6) is 5.75 Å². The second-order valence-corrected chi connectivity index (χ2v) is 6.07. The maximum atomic E-state index is 6.31. The van der Waals surface area contributed by atoms with Gasteiger partial charge in [0.05, 0.1) is 5.02 Å². The number of halogens is 1. The standard InChI is InChI=1S/C18H20ClNO/c1-13-4-2-5-14(10-13)12-21-18-15(6-3-7-17(18)19)11-20-16-8-9-16/h2-7,10,16,20H,8-9,11-12H2,1H3. The van der Waals surface area contributed by atoms with Crippen LogP contribution in [0.15, 0.2) is 42.5 Å². The summed E-state index contributed by atoms with van der Waals surface area (Å²) in [6.45, 7) is 3.44. The highest BCUT2D eigenvalue weighted by Gasteiger charge is 2.21. The minimum absolute atomic E-state index is 0.543. The first-order valence-corrected chi connectivity index (χ1v) is 7.79. The summed E-state index contributed by atoms with van der Waals surface area (Å²) in [4.78, 5) is 0. The average molecular weight is 302 g/mol. The molecule has 1 fully saturated rings. The van der Waals surface area contributed by atoms with Crippen LogP contribution in [0.4, 0.5) is 0 Å². The van der Waals surface area contributed by atoms with Crippen molar-refractivity contribution < 1.29 is 4.74 Å². The summed E-state index contributed by atoms with van der Waals surface area (Å²) in [5, 5.41) is 4.19. The van der Waals surface area contributed by atoms with Crippen LogP contribution >= 0.6 is 11.6 Å². The van der Waals surface area contributed by atoms with Crippen molar-refractivity contribution in [2.75, 3.05) is 0 Å². The van der Waals surface area contributed by atoms with Crippen molar-refractivity contribution >= 4 is 11.6 Å². The van der Waals surface area contributed by atoms with Gasteiger partial charge in [-0.2, -0.15) is 0 Å². The number of rotatable bonds is 6. The van der Waals surface area contributed by atoms with E-state index in [1.807, 2.05) is 12.1 Å². The van der Waals surface area contributed by atoms with E-state index in [2.05, 4.69) is 42.6 Å². The van der Waals surface area contributed by atoms with Crippen molar-refractivity contribution in [1.29, 1.82) is 0 Å². The zero-order valence-electron chi connectivity index (χ0n) is 12.2. The number of hydrogen-bond acceptors (Lipinski definition) is 2. The molecule has 0 heterocycles. The first-order chi connectivity index (χ1) is 10.2. The number of para-hydroxylation sites is 1. The van der Waals surface area contributed by atoms with Crippen molar-refractivity contribution in [3.8, 4) is 5.75 Å². The Labute approximate surface area is 131 Å². The molecule has 0 bridgehead atoms. The monoisotopic (exact) mass is 301 g/mol. The summed E-state index contributed by atoms with van der Waals surface area (Å²) in [5.74, 6) is 0.800. The molecule has 2 aromatic carbocycles. The van der Waals surface area contributed by atoms with Crippen molar-refractivity contribution in [3.63, 3.8) is 0 Å². The van der Waals surface area contributed by atoms with Crippen LogP contribution < -0.4 is 10.1 Å². The third kappa shape index (κ3) is 3.99. The average Bonchev–Trinajstić information content (AvgIpc) is 3.28. The molecule has 0 radical (unpaired) electrons. The number of hydrogen-bond donors (Lipinski definition) is 1. The van der Waals surface area contributed by atoms with Gasteiger partial charge in [-0.25, -0.2) is 0 Å². The predicted molar refractivity (Wildman–Crippen MR) is 86.8 cm³/mol. The first kappa shape index (κ1) is 14.4. The van der Waals surface area contributed by atoms with Gasteiger partial charge in [0, 0.05) is 18.2 Å². The maximum Gasteiger partial charge on any atom is 0.142 e. The number of benzene rings is 2. The molecule has 1 aliphatic rings. The summed E-state index contributed by atoms with van der Waals surface area (Å²) in [6, 6.07) is 15.0. The van der Waals surface area contributed by atoms with Crippen LogP contribution in [0.2, 0.25) is 5.02 Å². The molecular formula is C18H20ClNO. The summed E-state index contributed by atoms with van der Waals surface area (Å²) >= 11 is 6.31. The van der Waals surface area contributed by atoms with Crippen molar-refractivity contribution in [2.24, 2.45) is 0 Å². The van der Waals surface area contributed by atoms with Crippen LogP contribution in [0.25, 0.3) is 0 Å². The van der Waals surface area contributed by atoms with Gasteiger partial charge in [0.1, 0.15) is 12.4 Å². The highest BCUT2D eigenvalue weighted by molar-refractivity contribution is 6.32. The zero-order chi connectivity index (χ0) is 14.7. The Morgan fingerprint density at radius 1 is 1.19 bits per heavy atom. The molecule has 1 saturated carbocycles. The third-order valence-electron chi connectivity index (χ3n) is 3.67. The van der Waals surface area contributed by atoms with Crippen LogP contribution in [-0.4, -0.2) is 6.04 Å². The quantitative estimate of drug-likeness (QED) is 0.849. The molecule has 3 heteroatoms. The minimum atomic E-state index is 0.543. The fourth-order valence-electron chi connectivity index (χ4n) is 2.35. The molecule has 0 saturated heterocycles. The molecule has 2 nitrogen and oxygen atoms in total. The van der Waals surface area contributed by atoms with Crippen molar-refractivity contribution in [2.45, 2.75) is 39.0 Å². The summed E-state index contributed by atoms with van der Waals surface area (Å²) in [6.07, 6.45) is 2.56. The fourth-order valence-corrected chi connectivity index (χ4v) is 2.60. The van der Waals surface area contributed by atoms with E-state index >= 15 is 0 Å². The molecule has 21 heavy (non-hydrogen) atoms. The topological polar surface area (TPSA) is 21.3 Å². The van der Waals surface area contributed by atoms with E-state index in [1.54, 1.807) is 0 Å². The Morgan fingerprint density at radius 3 is 2.76 bits per heavy atom. The van der Waals surface area contributed by atoms with Gasteiger partial charge in [0.2, 0.25) is 0 Å². The van der Waals surface area contributed by atoms with E-state index in [4.69, 9.17) is 16.3 Å². The van der Waals surface area contributed by atoms with Gasteiger partial charge in [-0.1, -0.05) is 53.6 Å². The van der Waals surface area contributed by atoms with Crippen LogP contribution in [0.3, 0.4) is 0 Å². The Hall–Kier alpha value is -1.51. The molecule has 0 aromatic heterocycles. The minimum Gasteiger partial charge on any atom is -0.487 e. The molecule has 0 aliphatic heterocycles. The molecule has 0 spiro atoms. The molecule has 0 atom stereocenters. The molecular weight excluding hydrogens is 282 g/mol. The highest BCUT2D eigenvalue weighted by atomic mass is 35.5. The Morgan fingerprint density at radius 2 is 2.00 bits per heavy atom. The van der Waals surface area contributed by atoms with E-state index in [1.165, 1.54) is 18.4 Å². The fraction of sp³-hybridized carbons (Fsp3) is 0.333. The van der Waals surface area contributed by atoms with E-state index in [0.29, 0.717) is 17.7 Å². The largest absolute Gasteiger partial charge is 0.487 e. The van der Waals surface area contributed by atoms with Gasteiger partial charge < -0.3 is 10.1 Å². The summed E-state index contributed by atoms with van der Waals surface area (Å²) in [7, 11) is 0. The smallest absolute Gasteiger partial charge is 0.142 e. The van der Waals surface area contributed by atoms with Crippen molar-refractivity contribution in [1.82, 2.24) is 5.32 Å². The third-order valence-corrected chi connectivity index (χ3v) is 3.97. The van der Waals surface area contributed by atoms with E-state index in [-0.39, 0.29) is 0 Å². The lowest BCUT2D eigenvalue weighted by atomic mass is 10.1. The lowest BCUT2D eigenvalue weighted by Gasteiger charge is -2.14. The van der Waals surface area contributed by atoms with Crippen molar-refractivity contribution in [3.05, 3.63) is 64.2 Å². The Kier molecular flexibility index (Phi) is 4.47. The molecule has 0 unspecified atom stereocenters. The van der Waals surface area contributed by atoms with Gasteiger partial charge in [0.15, 0.2) is 0 Å². The maximum absolute atomic E-state index is 6.31. The van der Waals surface area contributed by atoms with Gasteiger partial charge >= 0.3 is 0 Å². The highest BCUT2D eigenvalue weighted by Crippen LogP contribution is 2.30.